The molecule has 0 heterocycles. The number of thioether (sulfide) groups is 1. The summed E-state index contributed by atoms with van der Waals surface area (Å²) in [4.78, 5) is 24.0. The smallest absolute Gasteiger partial charge is 0.327 e. The zero-order valence-electron chi connectivity index (χ0n) is 30.2. The van der Waals surface area contributed by atoms with Crippen molar-refractivity contribution in [1.29, 1.82) is 0 Å². The third-order valence-corrected chi connectivity index (χ3v) is 10.1. The second-order valence-corrected chi connectivity index (χ2v) is 15.5. The number of hydrogen-bond donors (Lipinski definition) is 2. The van der Waals surface area contributed by atoms with Crippen molar-refractivity contribution in [2.45, 2.75) is 195 Å². The highest BCUT2D eigenvalue weighted by Crippen LogP contribution is 2.22. The lowest BCUT2D eigenvalue weighted by Gasteiger charge is -2.15. The number of carbonyl (C=O) groups excluding carboxylic acids is 1. The van der Waals surface area contributed by atoms with Crippen molar-refractivity contribution < 1.29 is 14.7 Å². The predicted octanol–water partition coefficient (Wildman–Crippen LogP) is 12.2. The predicted molar refractivity (Wildman–Crippen MR) is 196 cm³/mol. The van der Waals surface area contributed by atoms with Crippen LogP contribution in [0.25, 0.3) is 0 Å². The monoisotopic (exact) mass is 638 g/mol. The lowest BCUT2D eigenvalue weighted by Crippen LogP contribution is -2.42. The summed E-state index contributed by atoms with van der Waals surface area (Å²) in [6, 6.07) is -0.804. The second kappa shape index (κ2) is 30.7. The van der Waals surface area contributed by atoms with Crippen LogP contribution in [0.2, 0.25) is 0 Å². The van der Waals surface area contributed by atoms with E-state index in [0.29, 0.717) is 12.2 Å². The number of carboxylic acid groups (broad SMARTS) is 1. The minimum Gasteiger partial charge on any atom is -0.480 e. The minimum absolute atomic E-state index is 0.123. The molecule has 0 rings (SSSR count). The van der Waals surface area contributed by atoms with E-state index >= 15 is 0 Å². The molecule has 4 nitrogen and oxygen atoms in total. The molecule has 0 saturated heterocycles. The molecule has 1 amide bonds. The van der Waals surface area contributed by atoms with E-state index in [2.05, 4.69) is 52.9 Å². The maximum absolute atomic E-state index is 12.3. The highest BCUT2D eigenvalue weighted by Gasteiger charge is 2.19. The van der Waals surface area contributed by atoms with Gasteiger partial charge in [-0.2, -0.15) is 11.8 Å². The average Bonchev–Trinajstić information content (AvgIpc) is 2.96. The molecule has 2 N–H and O–H groups in total. The summed E-state index contributed by atoms with van der Waals surface area (Å²) in [7, 11) is 0. The quantitative estimate of drug-likeness (QED) is 0.0569. The Kier molecular flexibility index (Phi) is 30.0. The van der Waals surface area contributed by atoms with Crippen molar-refractivity contribution >= 4 is 23.6 Å². The SMILES string of the molecule is CCCCCCCCCCCCCCCC(=O)N[C@@H](CSC/C=C(\C)CCC[C@H](C)CCC[C@H](C)CCCC(C)C)C(=O)O. The van der Waals surface area contributed by atoms with E-state index in [1.165, 1.54) is 128 Å². The Bertz CT molecular complexity index is 707. The molecule has 0 aliphatic heterocycles. The standard InChI is InChI=1S/C39H75NO3S/c1-7-8-9-10-11-12-13-14-15-16-17-18-19-29-38(41)40-37(39(42)43)32-44-31-30-36(6)28-22-27-35(5)26-21-25-34(4)24-20-23-33(2)3/h30,33-35,37H,7-29,31-32H2,1-6H3,(H,40,41)(H,42,43)/b36-30+/t34-,35-,37+/m1/s1. The summed E-state index contributed by atoms with van der Waals surface area (Å²) in [5.41, 5.74) is 1.39. The van der Waals surface area contributed by atoms with Gasteiger partial charge in [0, 0.05) is 17.9 Å². The lowest BCUT2D eigenvalue weighted by molar-refractivity contribution is -0.141. The van der Waals surface area contributed by atoms with Crippen LogP contribution in [0.5, 0.6) is 0 Å². The van der Waals surface area contributed by atoms with Gasteiger partial charge in [0.1, 0.15) is 6.04 Å². The van der Waals surface area contributed by atoms with E-state index in [9.17, 15) is 14.7 Å². The van der Waals surface area contributed by atoms with Crippen molar-refractivity contribution in [2.24, 2.45) is 17.8 Å². The Morgan fingerprint density at radius 1 is 0.659 bits per heavy atom. The summed E-state index contributed by atoms with van der Waals surface area (Å²) < 4.78 is 0. The first kappa shape index (κ1) is 43.0. The third kappa shape index (κ3) is 29.7. The summed E-state index contributed by atoms with van der Waals surface area (Å²) in [5, 5.41) is 12.3. The summed E-state index contributed by atoms with van der Waals surface area (Å²) in [5.74, 6) is 2.64. The minimum atomic E-state index is -0.934. The normalized spacial score (nSPS) is 14.1. The van der Waals surface area contributed by atoms with Gasteiger partial charge in [-0.3, -0.25) is 4.79 Å². The molecular formula is C39H75NO3S. The summed E-state index contributed by atoms with van der Waals surface area (Å²) in [6.07, 6.45) is 31.0. The molecule has 5 heteroatoms. The van der Waals surface area contributed by atoms with Crippen molar-refractivity contribution in [1.82, 2.24) is 5.32 Å². The Morgan fingerprint density at radius 3 is 1.64 bits per heavy atom. The van der Waals surface area contributed by atoms with E-state index in [4.69, 9.17) is 0 Å². The second-order valence-electron chi connectivity index (χ2n) is 14.4. The van der Waals surface area contributed by atoms with Crippen LogP contribution in [0.3, 0.4) is 0 Å². The molecule has 0 aromatic rings. The molecule has 0 aromatic carbocycles. The number of aliphatic carboxylic acids is 1. The maximum Gasteiger partial charge on any atom is 0.327 e. The molecular weight excluding hydrogens is 563 g/mol. The number of hydrogen-bond acceptors (Lipinski definition) is 3. The van der Waals surface area contributed by atoms with Crippen LogP contribution in [0, 0.1) is 17.8 Å². The molecule has 0 radical (unpaired) electrons. The Morgan fingerprint density at radius 2 is 1.14 bits per heavy atom. The number of rotatable bonds is 32. The largest absolute Gasteiger partial charge is 0.480 e. The van der Waals surface area contributed by atoms with Crippen LogP contribution in [-0.4, -0.2) is 34.5 Å². The first-order valence-electron chi connectivity index (χ1n) is 18.9. The maximum atomic E-state index is 12.3. The number of carboxylic acids is 1. The molecule has 0 aliphatic rings. The summed E-state index contributed by atoms with van der Waals surface area (Å²) >= 11 is 1.60. The van der Waals surface area contributed by atoms with Gasteiger partial charge < -0.3 is 10.4 Å². The van der Waals surface area contributed by atoms with Gasteiger partial charge in [0.25, 0.3) is 0 Å². The van der Waals surface area contributed by atoms with Crippen molar-refractivity contribution in [3.05, 3.63) is 11.6 Å². The Balaban J connectivity index is 3.87. The van der Waals surface area contributed by atoms with Crippen molar-refractivity contribution in [3.8, 4) is 0 Å². The summed E-state index contributed by atoms with van der Waals surface area (Å²) in [6.45, 7) is 13.9. The van der Waals surface area contributed by atoms with Crippen molar-refractivity contribution in [3.63, 3.8) is 0 Å². The Hall–Kier alpha value is -0.970. The van der Waals surface area contributed by atoms with Crippen LogP contribution in [0.4, 0.5) is 0 Å². The molecule has 0 spiro atoms. The molecule has 3 atom stereocenters. The topological polar surface area (TPSA) is 66.4 Å². The molecule has 0 aromatic heterocycles. The van der Waals surface area contributed by atoms with E-state index < -0.39 is 12.0 Å². The highest BCUT2D eigenvalue weighted by molar-refractivity contribution is 7.99. The van der Waals surface area contributed by atoms with E-state index in [1.807, 2.05) is 0 Å². The Labute approximate surface area is 279 Å². The van der Waals surface area contributed by atoms with Gasteiger partial charge in [0.05, 0.1) is 0 Å². The highest BCUT2D eigenvalue weighted by atomic mass is 32.2. The van der Waals surface area contributed by atoms with Crippen LogP contribution >= 0.6 is 11.8 Å². The van der Waals surface area contributed by atoms with Crippen LogP contribution in [0.15, 0.2) is 11.6 Å². The fraction of sp³-hybridized carbons (Fsp3) is 0.897. The van der Waals surface area contributed by atoms with E-state index in [1.54, 1.807) is 11.8 Å². The fourth-order valence-corrected chi connectivity index (χ4v) is 6.94. The number of amides is 1. The van der Waals surface area contributed by atoms with Crippen LogP contribution in [-0.2, 0) is 9.59 Å². The van der Waals surface area contributed by atoms with E-state index in [0.717, 1.165) is 42.8 Å². The first-order valence-corrected chi connectivity index (χ1v) is 20.1. The third-order valence-electron chi connectivity index (χ3n) is 9.12. The lowest BCUT2D eigenvalue weighted by atomic mass is 9.91. The fourth-order valence-electron chi connectivity index (χ4n) is 5.94. The molecule has 0 fully saturated rings. The van der Waals surface area contributed by atoms with E-state index in [-0.39, 0.29) is 5.91 Å². The van der Waals surface area contributed by atoms with Gasteiger partial charge >= 0.3 is 5.97 Å². The number of carbonyl (C=O) groups is 2. The van der Waals surface area contributed by atoms with Gasteiger partial charge in [0.15, 0.2) is 0 Å². The molecule has 260 valence electrons. The zero-order valence-corrected chi connectivity index (χ0v) is 31.1. The van der Waals surface area contributed by atoms with Crippen molar-refractivity contribution in [2.75, 3.05) is 11.5 Å². The van der Waals surface area contributed by atoms with Gasteiger partial charge in [-0.15, -0.1) is 0 Å². The molecule has 0 bridgehead atoms. The number of unbranched alkanes of at least 4 members (excludes halogenated alkanes) is 12. The van der Waals surface area contributed by atoms with Gasteiger partial charge in [-0.25, -0.2) is 4.79 Å². The molecule has 44 heavy (non-hydrogen) atoms. The number of allylic oxidation sites excluding steroid dienone is 1. The average molecular weight is 638 g/mol. The van der Waals surface area contributed by atoms with Gasteiger partial charge in [-0.1, -0.05) is 168 Å². The zero-order chi connectivity index (χ0) is 32.8. The molecule has 0 saturated carbocycles. The van der Waals surface area contributed by atoms with Gasteiger partial charge in [-0.05, 0) is 43.9 Å². The molecule has 0 unspecified atom stereocenters. The van der Waals surface area contributed by atoms with Crippen LogP contribution in [0.1, 0.15) is 189 Å². The first-order chi connectivity index (χ1) is 21.1. The molecule has 0 aliphatic carbocycles. The van der Waals surface area contributed by atoms with Crippen LogP contribution < -0.4 is 5.32 Å². The number of nitrogens with one attached hydrogen (secondary N) is 1. The van der Waals surface area contributed by atoms with Gasteiger partial charge in [0.2, 0.25) is 5.91 Å².